The van der Waals surface area contributed by atoms with Gasteiger partial charge >= 0.3 is 0 Å². The molecule has 1 aromatic carbocycles. The van der Waals surface area contributed by atoms with Gasteiger partial charge in [-0.05, 0) is 17.5 Å². The highest BCUT2D eigenvalue weighted by atomic mass is 32.2. The Hall–Kier alpha value is -0.800. The molecule has 14 heavy (non-hydrogen) atoms. The molecular formula is C11H9NS2. The van der Waals surface area contributed by atoms with Crippen LogP contribution in [0.1, 0.15) is 4.88 Å². The molecule has 0 N–H and O–H groups in total. The number of thiophene rings is 1. The van der Waals surface area contributed by atoms with Gasteiger partial charge in [-0.3, -0.25) is 4.99 Å². The van der Waals surface area contributed by atoms with Crippen molar-refractivity contribution in [2.75, 3.05) is 12.3 Å². The summed E-state index contributed by atoms with van der Waals surface area (Å²) >= 11 is 3.71. The Morgan fingerprint density at radius 1 is 1.21 bits per heavy atom. The second kappa shape index (κ2) is 3.41. The fraction of sp³-hybridized carbons (Fsp3) is 0.182. The van der Waals surface area contributed by atoms with Crippen LogP contribution in [-0.4, -0.2) is 17.3 Å². The molecule has 0 fully saturated rings. The molecule has 1 aromatic heterocycles. The van der Waals surface area contributed by atoms with E-state index in [4.69, 9.17) is 0 Å². The summed E-state index contributed by atoms with van der Waals surface area (Å²) in [4.78, 5) is 5.82. The molecule has 0 aliphatic carbocycles. The number of hydrogen-bond donors (Lipinski definition) is 0. The van der Waals surface area contributed by atoms with Crippen LogP contribution in [0.15, 0.2) is 35.3 Å². The Bertz CT molecular complexity index is 466. The lowest BCUT2D eigenvalue weighted by Crippen LogP contribution is -1.84. The van der Waals surface area contributed by atoms with E-state index in [2.05, 4.69) is 35.3 Å². The van der Waals surface area contributed by atoms with Crippen molar-refractivity contribution in [2.45, 2.75) is 0 Å². The number of aliphatic imine (C=N–C) groups is 1. The summed E-state index contributed by atoms with van der Waals surface area (Å²) in [5, 5.41) is 2.56. The van der Waals surface area contributed by atoms with Crippen LogP contribution >= 0.6 is 23.1 Å². The molecule has 1 aliphatic rings. The largest absolute Gasteiger partial charge is 0.276 e. The van der Waals surface area contributed by atoms with Gasteiger partial charge in [-0.1, -0.05) is 18.2 Å². The highest BCUT2D eigenvalue weighted by molar-refractivity contribution is 8.15. The fourth-order valence-corrected chi connectivity index (χ4v) is 3.60. The standard InChI is InChI=1S/C11H9NS2/c1-2-4-9-8(3-1)7-10(14-9)11-12-5-6-13-11/h1-4,7H,5-6H2. The summed E-state index contributed by atoms with van der Waals surface area (Å²) in [6, 6.07) is 10.8. The number of hydrogen-bond acceptors (Lipinski definition) is 3. The van der Waals surface area contributed by atoms with E-state index in [0.717, 1.165) is 12.3 Å². The normalized spacial score (nSPS) is 16.1. The molecule has 0 saturated heterocycles. The van der Waals surface area contributed by atoms with Crippen molar-refractivity contribution in [3.63, 3.8) is 0 Å². The van der Waals surface area contributed by atoms with Crippen LogP contribution in [0.4, 0.5) is 0 Å². The molecule has 0 radical (unpaired) electrons. The van der Waals surface area contributed by atoms with Gasteiger partial charge in [0.25, 0.3) is 0 Å². The van der Waals surface area contributed by atoms with Crippen molar-refractivity contribution in [3.05, 3.63) is 35.2 Å². The zero-order valence-corrected chi connectivity index (χ0v) is 9.20. The molecule has 0 unspecified atom stereocenters. The van der Waals surface area contributed by atoms with Crippen molar-refractivity contribution in [1.29, 1.82) is 0 Å². The monoisotopic (exact) mass is 219 g/mol. The van der Waals surface area contributed by atoms with Gasteiger partial charge in [0.05, 0.1) is 4.88 Å². The number of nitrogens with zero attached hydrogens (tertiary/aromatic N) is 1. The predicted octanol–water partition coefficient (Wildman–Crippen LogP) is 3.39. The van der Waals surface area contributed by atoms with Gasteiger partial charge < -0.3 is 0 Å². The fourth-order valence-electron chi connectivity index (χ4n) is 1.57. The van der Waals surface area contributed by atoms with Gasteiger partial charge in [0, 0.05) is 17.0 Å². The number of benzene rings is 1. The molecular weight excluding hydrogens is 210 g/mol. The molecule has 70 valence electrons. The van der Waals surface area contributed by atoms with E-state index in [9.17, 15) is 0 Å². The number of thioether (sulfide) groups is 1. The Kier molecular flexibility index (Phi) is 2.07. The summed E-state index contributed by atoms with van der Waals surface area (Å²) in [6.45, 7) is 0.980. The summed E-state index contributed by atoms with van der Waals surface area (Å²) in [5.41, 5.74) is 0. The van der Waals surface area contributed by atoms with E-state index >= 15 is 0 Å². The first-order chi connectivity index (χ1) is 6.93. The van der Waals surface area contributed by atoms with Gasteiger partial charge in [-0.25, -0.2) is 0 Å². The molecule has 1 aliphatic heterocycles. The van der Waals surface area contributed by atoms with Crippen LogP contribution in [0.3, 0.4) is 0 Å². The van der Waals surface area contributed by atoms with Crippen molar-refractivity contribution < 1.29 is 0 Å². The smallest absolute Gasteiger partial charge is 0.108 e. The van der Waals surface area contributed by atoms with Crippen LogP contribution in [0, 0.1) is 0 Å². The first kappa shape index (κ1) is 8.50. The van der Waals surface area contributed by atoms with Gasteiger partial charge in [-0.2, -0.15) is 0 Å². The van der Waals surface area contributed by atoms with Crippen LogP contribution in [0.25, 0.3) is 10.1 Å². The van der Waals surface area contributed by atoms with Crippen LogP contribution in [0.2, 0.25) is 0 Å². The summed E-state index contributed by atoms with van der Waals surface area (Å²) in [7, 11) is 0. The Morgan fingerprint density at radius 2 is 2.14 bits per heavy atom. The molecule has 2 aromatic rings. The lowest BCUT2D eigenvalue weighted by Gasteiger charge is -1.90. The summed E-state index contributed by atoms with van der Waals surface area (Å²) in [5.74, 6) is 1.14. The Balaban J connectivity index is 2.14. The van der Waals surface area contributed by atoms with E-state index in [-0.39, 0.29) is 0 Å². The molecule has 0 atom stereocenters. The molecule has 0 saturated carbocycles. The third kappa shape index (κ3) is 1.37. The first-order valence-electron chi connectivity index (χ1n) is 4.60. The number of rotatable bonds is 1. The zero-order valence-electron chi connectivity index (χ0n) is 7.56. The minimum absolute atomic E-state index is 0.980. The van der Waals surface area contributed by atoms with Gasteiger partial charge in [0.15, 0.2) is 0 Å². The third-order valence-corrected chi connectivity index (χ3v) is 4.48. The SMILES string of the molecule is c1ccc2sc(C3=NCCS3)cc2c1. The van der Waals surface area contributed by atoms with E-state index in [1.807, 2.05) is 23.1 Å². The maximum Gasteiger partial charge on any atom is 0.108 e. The lowest BCUT2D eigenvalue weighted by molar-refractivity contribution is 1.18. The topological polar surface area (TPSA) is 12.4 Å². The third-order valence-electron chi connectivity index (χ3n) is 2.22. The molecule has 3 rings (SSSR count). The van der Waals surface area contributed by atoms with Crippen molar-refractivity contribution in [2.24, 2.45) is 4.99 Å². The minimum Gasteiger partial charge on any atom is -0.276 e. The molecule has 2 heterocycles. The summed E-state index contributed by atoms with van der Waals surface area (Å²) in [6.07, 6.45) is 0. The van der Waals surface area contributed by atoms with Crippen LogP contribution < -0.4 is 0 Å². The maximum absolute atomic E-state index is 4.49. The van der Waals surface area contributed by atoms with E-state index in [0.29, 0.717) is 0 Å². The Morgan fingerprint density at radius 3 is 2.93 bits per heavy atom. The molecule has 1 nitrogen and oxygen atoms in total. The van der Waals surface area contributed by atoms with E-state index in [1.54, 1.807) is 0 Å². The second-order valence-corrected chi connectivity index (χ2v) is 5.35. The maximum atomic E-state index is 4.49. The van der Waals surface area contributed by atoms with Gasteiger partial charge in [0.2, 0.25) is 0 Å². The van der Waals surface area contributed by atoms with E-state index in [1.165, 1.54) is 20.0 Å². The average molecular weight is 219 g/mol. The number of fused-ring (bicyclic) bond motifs is 1. The highest BCUT2D eigenvalue weighted by Gasteiger charge is 2.12. The zero-order chi connectivity index (χ0) is 9.38. The summed E-state index contributed by atoms with van der Waals surface area (Å²) < 4.78 is 1.36. The minimum atomic E-state index is 0.980. The Labute approximate surface area is 90.9 Å². The van der Waals surface area contributed by atoms with Gasteiger partial charge in [-0.15, -0.1) is 23.1 Å². The predicted molar refractivity (Wildman–Crippen MR) is 65.7 cm³/mol. The second-order valence-electron chi connectivity index (χ2n) is 3.18. The quantitative estimate of drug-likeness (QED) is 0.716. The van der Waals surface area contributed by atoms with E-state index < -0.39 is 0 Å². The van der Waals surface area contributed by atoms with Crippen molar-refractivity contribution in [3.8, 4) is 0 Å². The van der Waals surface area contributed by atoms with Crippen molar-refractivity contribution in [1.82, 2.24) is 0 Å². The van der Waals surface area contributed by atoms with Crippen LogP contribution in [0.5, 0.6) is 0 Å². The molecule has 0 spiro atoms. The van der Waals surface area contributed by atoms with Crippen molar-refractivity contribution >= 4 is 38.2 Å². The van der Waals surface area contributed by atoms with Crippen LogP contribution in [-0.2, 0) is 0 Å². The molecule has 3 heteroatoms. The highest BCUT2D eigenvalue weighted by Crippen LogP contribution is 2.30. The first-order valence-corrected chi connectivity index (χ1v) is 6.40. The average Bonchev–Trinajstić information content (AvgIpc) is 2.86. The lowest BCUT2D eigenvalue weighted by atomic mass is 10.2. The van der Waals surface area contributed by atoms with Gasteiger partial charge in [0.1, 0.15) is 5.04 Å². The molecule has 0 amide bonds. The molecule has 0 bridgehead atoms.